The minimum atomic E-state index is -0.635. The van der Waals surface area contributed by atoms with Crippen molar-refractivity contribution >= 4 is 11.7 Å². The predicted octanol–water partition coefficient (Wildman–Crippen LogP) is 0.218. The van der Waals surface area contributed by atoms with Gasteiger partial charge in [-0.3, -0.25) is 0 Å². The van der Waals surface area contributed by atoms with Crippen LogP contribution in [0.1, 0.15) is 13.3 Å². The molecule has 1 heterocycles. The van der Waals surface area contributed by atoms with E-state index in [9.17, 15) is 4.79 Å². The number of hydrogen-bond acceptors (Lipinski definition) is 5. The van der Waals surface area contributed by atoms with Gasteiger partial charge in [-0.15, -0.1) is 0 Å². The van der Waals surface area contributed by atoms with Gasteiger partial charge < -0.3 is 9.57 Å². The van der Waals surface area contributed by atoms with Gasteiger partial charge in [0.1, 0.15) is 6.07 Å². The Bertz CT molecular complexity index is 254. The molecule has 0 aromatic heterocycles. The highest BCUT2D eigenvalue weighted by Crippen LogP contribution is 2.09. The summed E-state index contributed by atoms with van der Waals surface area (Å²) in [6.45, 7) is 2.01. The Morgan fingerprint density at radius 2 is 2.75 bits per heavy atom. The van der Waals surface area contributed by atoms with Crippen LogP contribution in [0, 0.1) is 11.3 Å². The molecular weight excluding hydrogens is 160 g/mol. The Morgan fingerprint density at radius 3 is 3.25 bits per heavy atom. The van der Waals surface area contributed by atoms with Crippen molar-refractivity contribution in [1.82, 2.24) is 0 Å². The summed E-state index contributed by atoms with van der Waals surface area (Å²) < 4.78 is 4.66. The number of oxime groups is 1. The first-order chi connectivity index (χ1) is 5.77. The molecule has 1 aliphatic heterocycles. The summed E-state index contributed by atoms with van der Waals surface area (Å²) in [6, 6.07) is 1.85. The smallest absolute Gasteiger partial charge is 0.356 e. The number of esters is 1. The molecule has 0 spiro atoms. The highest BCUT2D eigenvalue weighted by Gasteiger charge is 2.26. The second kappa shape index (κ2) is 3.72. The van der Waals surface area contributed by atoms with E-state index in [1.807, 2.05) is 6.07 Å². The van der Waals surface area contributed by atoms with E-state index in [2.05, 4.69) is 14.7 Å². The van der Waals surface area contributed by atoms with E-state index >= 15 is 0 Å². The van der Waals surface area contributed by atoms with Crippen molar-refractivity contribution in [1.29, 1.82) is 5.26 Å². The summed E-state index contributed by atoms with van der Waals surface area (Å²) >= 11 is 0. The molecule has 0 fully saturated rings. The summed E-state index contributed by atoms with van der Waals surface area (Å²) in [5.74, 6) is -0.504. The number of hydrogen-bond donors (Lipinski definition) is 0. The second-order valence-corrected chi connectivity index (χ2v) is 2.19. The van der Waals surface area contributed by atoms with Crippen molar-refractivity contribution in [2.24, 2.45) is 5.16 Å². The van der Waals surface area contributed by atoms with E-state index in [0.29, 0.717) is 6.61 Å². The molecule has 1 aliphatic rings. The molecule has 0 saturated carbocycles. The summed E-state index contributed by atoms with van der Waals surface area (Å²) in [4.78, 5) is 15.6. The van der Waals surface area contributed by atoms with Gasteiger partial charge in [0.05, 0.1) is 13.0 Å². The van der Waals surface area contributed by atoms with Gasteiger partial charge in [0.15, 0.2) is 5.71 Å². The van der Waals surface area contributed by atoms with Crippen LogP contribution in [0.5, 0.6) is 0 Å². The Kier molecular flexibility index (Phi) is 2.64. The number of ether oxygens (including phenoxy) is 1. The first kappa shape index (κ1) is 8.53. The lowest BCUT2D eigenvalue weighted by molar-refractivity contribution is -0.135. The first-order valence-corrected chi connectivity index (χ1v) is 3.57. The summed E-state index contributed by atoms with van der Waals surface area (Å²) in [7, 11) is 0. The number of rotatable bonds is 2. The number of nitrogens with zero attached hydrogens (tertiary/aromatic N) is 2. The topological polar surface area (TPSA) is 71.7 Å². The average Bonchev–Trinajstić information content (AvgIpc) is 2.52. The van der Waals surface area contributed by atoms with Gasteiger partial charge in [-0.25, -0.2) is 4.79 Å². The van der Waals surface area contributed by atoms with Gasteiger partial charge in [0.25, 0.3) is 0 Å². The van der Waals surface area contributed by atoms with Crippen LogP contribution in [0.25, 0.3) is 0 Å². The number of carbonyl (C=O) groups excluding carboxylic acids is 1. The van der Waals surface area contributed by atoms with E-state index in [4.69, 9.17) is 5.26 Å². The molecule has 1 rings (SSSR count). The monoisotopic (exact) mass is 168 g/mol. The lowest BCUT2D eigenvalue weighted by Crippen LogP contribution is -2.17. The fourth-order valence-electron chi connectivity index (χ4n) is 0.782. The lowest BCUT2D eigenvalue weighted by Gasteiger charge is -1.97. The van der Waals surface area contributed by atoms with Crippen LogP contribution in [-0.2, 0) is 14.4 Å². The van der Waals surface area contributed by atoms with E-state index in [1.165, 1.54) is 0 Å². The summed E-state index contributed by atoms with van der Waals surface area (Å²) in [5.41, 5.74) is 0.184. The quantitative estimate of drug-likeness (QED) is 0.553. The average molecular weight is 168 g/mol. The zero-order valence-corrected chi connectivity index (χ0v) is 6.61. The van der Waals surface area contributed by atoms with Crippen LogP contribution >= 0.6 is 0 Å². The van der Waals surface area contributed by atoms with Crippen LogP contribution in [0.2, 0.25) is 0 Å². The maximum atomic E-state index is 11.0. The summed E-state index contributed by atoms with van der Waals surface area (Å²) in [5, 5.41) is 11.8. The molecule has 0 N–H and O–H groups in total. The molecule has 64 valence electrons. The van der Waals surface area contributed by atoms with Crippen molar-refractivity contribution in [3.8, 4) is 6.07 Å². The molecule has 0 bridgehead atoms. The Labute approximate surface area is 69.6 Å². The highest BCUT2D eigenvalue weighted by atomic mass is 16.6. The first-order valence-electron chi connectivity index (χ1n) is 3.57. The van der Waals surface area contributed by atoms with Crippen molar-refractivity contribution in [3.63, 3.8) is 0 Å². The third-order valence-corrected chi connectivity index (χ3v) is 1.32. The Hall–Kier alpha value is -1.57. The molecule has 0 aromatic rings. The molecule has 12 heavy (non-hydrogen) atoms. The minimum absolute atomic E-state index is 0.184. The van der Waals surface area contributed by atoms with Crippen LogP contribution in [-0.4, -0.2) is 24.4 Å². The zero-order chi connectivity index (χ0) is 8.97. The van der Waals surface area contributed by atoms with Crippen LogP contribution in [0.3, 0.4) is 0 Å². The molecule has 0 radical (unpaired) electrons. The molecule has 0 saturated heterocycles. The Balaban J connectivity index is 2.47. The third kappa shape index (κ3) is 1.72. The molecule has 5 nitrogen and oxygen atoms in total. The van der Waals surface area contributed by atoms with Crippen LogP contribution in [0.4, 0.5) is 0 Å². The molecule has 0 aliphatic carbocycles. The van der Waals surface area contributed by atoms with Crippen molar-refractivity contribution in [3.05, 3.63) is 0 Å². The maximum Gasteiger partial charge on any atom is 0.356 e. The van der Waals surface area contributed by atoms with E-state index in [0.717, 1.165) is 0 Å². The zero-order valence-electron chi connectivity index (χ0n) is 6.61. The SMILES string of the molecule is CCOC(=O)C1=NO[C@@H](C#N)C1. The van der Waals surface area contributed by atoms with Crippen LogP contribution in [0.15, 0.2) is 5.16 Å². The van der Waals surface area contributed by atoms with Gasteiger partial charge >= 0.3 is 5.97 Å². The molecule has 1 atom stereocenters. The van der Waals surface area contributed by atoms with Gasteiger partial charge in [0.2, 0.25) is 6.10 Å². The van der Waals surface area contributed by atoms with Gasteiger partial charge in [-0.05, 0) is 6.92 Å². The number of carbonyl (C=O) groups is 1. The molecule has 0 aromatic carbocycles. The molecular formula is C7H8N2O3. The minimum Gasteiger partial charge on any atom is -0.461 e. The lowest BCUT2D eigenvalue weighted by atomic mass is 10.2. The van der Waals surface area contributed by atoms with Gasteiger partial charge in [-0.1, -0.05) is 5.16 Å². The molecule has 5 heteroatoms. The van der Waals surface area contributed by atoms with E-state index in [-0.39, 0.29) is 12.1 Å². The normalized spacial score (nSPS) is 20.7. The molecule has 0 amide bonds. The Morgan fingerprint density at radius 1 is 2.00 bits per heavy atom. The third-order valence-electron chi connectivity index (χ3n) is 1.32. The van der Waals surface area contributed by atoms with E-state index in [1.54, 1.807) is 6.92 Å². The predicted molar refractivity (Wildman–Crippen MR) is 39.2 cm³/mol. The van der Waals surface area contributed by atoms with Crippen LogP contribution < -0.4 is 0 Å². The van der Waals surface area contributed by atoms with Crippen molar-refractivity contribution in [2.45, 2.75) is 19.4 Å². The number of nitriles is 1. The van der Waals surface area contributed by atoms with Crippen molar-refractivity contribution < 1.29 is 14.4 Å². The van der Waals surface area contributed by atoms with Gasteiger partial charge in [0, 0.05) is 0 Å². The second-order valence-electron chi connectivity index (χ2n) is 2.19. The highest BCUT2D eigenvalue weighted by molar-refractivity contribution is 6.36. The van der Waals surface area contributed by atoms with Gasteiger partial charge in [-0.2, -0.15) is 5.26 Å². The van der Waals surface area contributed by atoms with E-state index < -0.39 is 12.1 Å². The fraction of sp³-hybridized carbons (Fsp3) is 0.571. The largest absolute Gasteiger partial charge is 0.461 e. The standard InChI is InChI=1S/C7H8N2O3/c1-2-11-7(10)6-3-5(4-8)12-9-6/h5H,2-3H2,1H3/t5-/m1/s1. The maximum absolute atomic E-state index is 11.0. The van der Waals surface area contributed by atoms with Crippen molar-refractivity contribution in [2.75, 3.05) is 6.61 Å². The fourth-order valence-corrected chi connectivity index (χ4v) is 0.782. The molecule has 0 unspecified atom stereocenters. The summed E-state index contributed by atoms with van der Waals surface area (Å²) in [6.07, 6.45) is -0.417.